The Hall–Kier alpha value is -2.25. The zero-order chi connectivity index (χ0) is 19.3. The quantitative estimate of drug-likeness (QED) is 0.568. The first-order valence-electron chi connectivity index (χ1n) is 7.97. The van der Waals surface area contributed by atoms with Crippen molar-refractivity contribution in [1.82, 2.24) is 9.13 Å². The Morgan fingerprint density at radius 2 is 1.65 bits per heavy atom. The largest absolute Gasteiger partial charge is 0.383 e. The first kappa shape index (κ1) is 20.1. The molecule has 2 aromatic rings. The second kappa shape index (κ2) is 8.91. The van der Waals surface area contributed by atoms with Crippen molar-refractivity contribution in [2.24, 2.45) is 19.1 Å². The maximum atomic E-state index is 12.2. The van der Waals surface area contributed by atoms with Gasteiger partial charge in [-0.25, -0.2) is 9.79 Å². The average molecular weight is 398 g/mol. The Kier molecular flexibility index (Phi) is 6.88. The van der Waals surface area contributed by atoms with Crippen LogP contribution in [0.4, 0.5) is 17.2 Å². The summed E-state index contributed by atoms with van der Waals surface area (Å²) >= 11 is 11.6. The van der Waals surface area contributed by atoms with Gasteiger partial charge in [0.05, 0.1) is 0 Å². The van der Waals surface area contributed by atoms with E-state index >= 15 is 0 Å². The summed E-state index contributed by atoms with van der Waals surface area (Å²) in [6.45, 7) is 1.40. The summed E-state index contributed by atoms with van der Waals surface area (Å²) in [5.74, 6) is 1.05. The van der Waals surface area contributed by atoms with E-state index in [1.54, 1.807) is 0 Å². The number of alkyl halides is 2. The van der Waals surface area contributed by atoms with Crippen molar-refractivity contribution in [3.63, 3.8) is 0 Å². The van der Waals surface area contributed by atoms with E-state index in [0.717, 1.165) is 15.8 Å². The molecule has 0 unspecified atom stereocenters. The van der Waals surface area contributed by atoms with E-state index in [0.29, 0.717) is 24.8 Å². The maximum absolute atomic E-state index is 12.2. The number of hydrogen-bond donors (Lipinski definition) is 1. The Morgan fingerprint density at radius 1 is 1.08 bits per heavy atom. The molecule has 0 spiro atoms. The van der Waals surface area contributed by atoms with Gasteiger partial charge in [-0.3, -0.25) is 13.9 Å². The lowest BCUT2D eigenvalue weighted by molar-refractivity contribution is 0.695. The molecule has 2 N–H and O–H groups in total. The number of halogens is 2. The van der Waals surface area contributed by atoms with Crippen LogP contribution in [0.15, 0.2) is 38.8 Å². The number of aromatic nitrogens is 2. The topological polar surface area (TPSA) is 85.6 Å². The molecule has 0 atom stereocenters. The van der Waals surface area contributed by atoms with Gasteiger partial charge in [0.2, 0.25) is 0 Å². The third-order valence-corrected chi connectivity index (χ3v) is 4.33. The molecule has 1 aromatic heterocycles. The van der Waals surface area contributed by atoms with Crippen LogP contribution in [0.5, 0.6) is 0 Å². The van der Waals surface area contributed by atoms with Gasteiger partial charge in [0.1, 0.15) is 5.82 Å². The van der Waals surface area contributed by atoms with Crippen LogP contribution in [-0.4, -0.2) is 40.2 Å². The lowest BCUT2D eigenvalue weighted by Gasteiger charge is -2.22. The van der Waals surface area contributed by atoms with Gasteiger partial charge in [0.15, 0.2) is 5.69 Å². The number of nitrogens with zero attached hydrogens (tertiary/aromatic N) is 4. The minimum Gasteiger partial charge on any atom is -0.383 e. The molecular weight excluding hydrogens is 377 g/mol. The number of nitrogens with two attached hydrogens (primary N) is 1. The number of nitrogen functional groups attached to an aromatic ring is 1. The molecule has 0 saturated carbocycles. The smallest absolute Gasteiger partial charge is 0.332 e. The second-order valence-electron chi connectivity index (χ2n) is 5.65. The molecule has 0 amide bonds. The van der Waals surface area contributed by atoms with Gasteiger partial charge < -0.3 is 10.6 Å². The highest BCUT2D eigenvalue weighted by molar-refractivity contribution is 6.18. The van der Waals surface area contributed by atoms with E-state index in [1.165, 1.54) is 24.9 Å². The van der Waals surface area contributed by atoms with Crippen molar-refractivity contribution in [3.8, 4) is 0 Å². The SMILES string of the molecule is Cn1c(N)c(N=Cc2ccc(N(CCCl)CCCl)cc2)c(=O)n(C)c1=O. The molecule has 9 heteroatoms. The highest BCUT2D eigenvalue weighted by Gasteiger charge is 2.11. The third-order valence-electron chi connectivity index (χ3n) is 3.99. The normalized spacial score (nSPS) is 11.2. The summed E-state index contributed by atoms with van der Waals surface area (Å²) in [6.07, 6.45) is 1.54. The van der Waals surface area contributed by atoms with Gasteiger partial charge in [0.25, 0.3) is 5.56 Å². The maximum Gasteiger partial charge on any atom is 0.332 e. The molecule has 0 fully saturated rings. The van der Waals surface area contributed by atoms with Crippen LogP contribution in [0.2, 0.25) is 0 Å². The Bertz CT molecular complexity index is 897. The lowest BCUT2D eigenvalue weighted by atomic mass is 10.2. The molecule has 1 aromatic carbocycles. The van der Waals surface area contributed by atoms with Crippen molar-refractivity contribution < 1.29 is 0 Å². The predicted octanol–water partition coefficient (Wildman–Crippen LogP) is 1.70. The highest BCUT2D eigenvalue weighted by atomic mass is 35.5. The molecular formula is C17H21Cl2N5O2. The van der Waals surface area contributed by atoms with Crippen LogP contribution in [0, 0.1) is 0 Å². The number of hydrogen-bond acceptors (Lipinski definition) is 5. The average Bonchev–Trinajstić information content (AvgIpc) is 2.65. The van der Waals surface area contributed by atoms with E-state index in [2.05, 4.69) is 9.89 Å². The number of aliphatic imine (C=N–C) groups is 1. The first-order valence-corrected chi connectivity index (χ1v) is 9.04. The molecule has 140 valence electrons. The fourth-order valence-corrected chi connectivity index (χ4v) is 2.86. The zero-order valence-electron chi connectivity index (χ0n) is 14.7. The van der Waals surface area contributed by atoms with Gasteiger partial charge in [-0.2, -0.15) is 0 Å². The lowest BCUT2D eigenvalue weighted by Crippen LogP contribution is -2.37. The van der Waals surface area contributed by atoms with Crippen LogP contribution < -0.4 is 21.9 Å². The Balaban J connectivity index is 2.30. The molecule has 0 aliphatic rings. The zero-order valence-corrected chi connectivity index (χ0v) is 16.2. The number of benzene rings is 1. The van der Waals surface area contributed by atoms with Crippen LogP contribution in [0.1, 0.15) is 5.56 Å². The predicted molar refractivity (Wildman–Crippen MR) is 109 cm³/mol. The molecule has 0 radical (unpaired) electrons. The van der Waals surface area contributed by atoms with Crippen molar-refractivity contribution in [1.29, 1.82) is 0 Å². The Labute approximate surface area is 161 Å². The minimum absolute atomic E-state index is 0.0290. The minimum atomic E-state index is -0.533. The standard InChI is InChI=1S/C17H21Cl2N5O2/c1-22-15(20)14(16(25)23(2)17(22)26)21-11-12-3-5-13(6-4-12)24(9-7-18)10-8-19/h3-6,11H,7-10,20H2,1-2H3. The molecule has 0 bridgehead atoms. The molecule has 0 aliphatic carbocycles. The molecule has 26 heavy (non-hydrogen) atoms. The van der Waals surface area contributed by atoms with Gasteiger partial charge in [0, 0.05) is 50.8 Å². The molecule has 7 nitrogen and oxygen atoms in total. The molecule has 1 heterocycles. The molecule has 0 saturated heterocycles. The van der Waals surface area contributed by atoms with Crippen LogP contribution in [-0.2, 0) is 14.1 Å². The monoisotopic (exact) mass is 397 g/mol. The number of anilines is 2. The van der Waals surface area contributed by atoms with Crippen molar-refractivity contribution in [2.45, 2.75) is 0 Å². The fraction of sp³-hybridized carbons (Fsp3) is 0.353. The summed E-state index contributed by atoms with van der Waals surface area (Å²) < 4.78 is 2.16. The van der Waals surface area contributed by atoms with Gasteiger partial charge in [-0.15, -0.1) is 23.2 Å². The summed E-state index contributed by atoms with van der Waals surface area (Å²) in [4.78, 5) is 30.3. The first-order chi connectivity index (χ1) is 12.4. The van der Waals surface area contributed by atoms with Crippen molar-refractivity contribution >= 4 is 46.6 Å². The van der Waals surface area contributed by atoms with Gasteiger partial charge in [-0.05, 0) is 17.7 Å². The summed E-state index contributed by atoms with van der Waals surface area (Å²) in [5.41, 5.74) is 6.65. The Morgan fingerprint density at radius 3 is 2.19 bits per heavy atom. The van der Waals surface area contributed by atoms with Gasteiger partial charge in [-0.1, -0.05) is 12.1 Å². The van der Waals surface area contributed by atoms with E-state index in [9.17, 15) is 9.59 Å². The second-order valence-corrected chi connectivity index (χ2v) is 6.41. The van der Waals surface area contributed by atoms with E-state index in [-0.39, 0.29) is 11.5 Å². The third kappa shape index (κ3) is 4.28. The highest BCUT2D eigenvalue weighted by Crippen LogP contribution is 2.17. The van der Waals surface area contributed by atoms with Crippen LogP contribution >= 0.6 is 23.2 Å². The van der Waals surface area contributed by atoms with Crippen LogP contribution in [0.25, 0.3) is 0 Å². The van der Waals surface area contributed by atoms with E-state index in [1.807, 2.05) is 24.3 Å². The molecule has 0 aliphatic heterocycles. The summed E-state index contributed by atoms with van der Waals surface area (Å²) in [7, 11) is 2.88. The van der Waals surface area contributed by atoms with Crippen molar-refractivity contribution in [3.05, 3.63) is 50.7 Å². The van der Waals surface area contributed by atoms with Crippen molar-refractivity contribution in [2.75, 3.05) is 35.5 Å². The molecule has 2 rings (SSSR count). The fourth-order valence-electron chi connectivity index (χ4n) is 2.45. The number of rotatable bonds is 7. The summed E-state index contributed by atoms with van der Waals surface area (Å²) in [5, 5.41) is 0. The van der Waals surface area contributed by atoms with E-state index < -0.39 is 11.2 Å². The van der Waals surface area contributed by atoms with Gasteiger partial charge >= 0.3 is 5.69 Å². The summed E-state index contributed by atoms with van der Waals surface area (Å²) in [6, 6.07) is 7.61. The van der Waals surface area contributed by atoms with E-state index in [4.69, 9.17) is 28.9 Å². The van der Waals surface area contributed by atoms with Crippen LogP contribution in [0.3, 0.4) is 0 Å².